The third kappa shape index (κ3) is 3.69. The van der Waals surface area contributed by atoms with Gasteiger partial charge in [-0.05, 0) is 49.9 Å². The van der Waals surface area contributed by atoms with Crippen molar-refractivity contribution in [3.8, 4) is 0 Å². The minimum Gasteiger partial charge on any atom is -0.396 e. The number of hydrogen-bond acceptors (Lipinski definition) is 2. The number of rotatable bonds is 3. The lowest BCUT2D eigenvalue weighted by Gasteiger charge is -2.38. The van der Waals surface area contributed by atoms with E-state index < -0.39 is 0 Å². The molecule has 2 rings (SSSR count). The molecular weight excluding hydrogens is 210 g/mol. The van der Waals surface area contributed by atoms with Gasteiger partial charge in [-0.1, -0.05) is 26.7 Å². The van der Waals surface area contributed by atoms with Gasteiger partial charge in [-0.25, -0.2) is 0 Å². The van der Waals surface area contributed by atoms with Crippen LogP contribution in [0.2, 0.25) is 0 Å². The smallest absolute Gasteiger partial charge is 0.0474 e. The Bertz CT molecular complexity index is 221. The maximum Gasteiger partial charge on any atom is 0.0474 e. The Kier molecular flexibility index (Phi) is 4.87. The van der Waals surface area contributed by atoms with Crippen LogP contribution >= 0.6 is 0 Å². The first kappa shape index (κ1) is 13.4. The lowest BCUT2D eigenvalue weighted by atomic mass is 9.78. The molecule has 4 atom stereocenters. The molecule has 2 fully saturated rings. The second-order valence-electron chi connectivity index (χ2n) is 6.61. The maximum absolute atomic E-state index is 9.45. The summed E-state index contributed by atoms with van der Waals surface area (Å²) in [6, 6.07) is 1.28. The van der Waals surface area contributed by atoms with Gasteiger partial charge >= 0.3 is 0 Å². The van der Waals surface area contributed by atoms with Gasteiger partial charge in [-0.3, -0.25) is 0 Å². The van der Waals surface area contributed by atoms with E-state index in [1.165, 1.54) is 44.9 Å². The highest BCUT2D eigenvalue weighted by molar-refractivity contribution is 4.87. The van der Waals surface area contributed by atoms with E-state index in [2.05, 4.69) is 19.2 Å². The van der Waals surface area contributed by atoms with Crippen molar-refractivity contribution in [1.29, 1.82) is 0 Å². The van der Waals surface area contributed by atoms with Gasteiger partial charge in [0.2, 0.25) is 0 Å². The largest absolute Gasteiger partial charge is 0.396 e. The van der Waals surface area contributed by atoms with Crippen molar-refractivity contribution in [3.63, 3.8) is 0 Å². The van der Waals surface area contributed by atoms with Gasteiger partial charge in [0.15, 0.2) is 0 Å². The molecule has 0 aliphatic heterocycles. The molecule has 0 aromatic heterocycles. The average molecular weight is 239 g/mol. The number of nitrogens with one attached hydrogen (secondary N) is 1. The standard InChI is InChI=1S/C15H29NO/c1-11-7-12(2)9-14(8-11)16-15-6-4-3-5-13(15)10-17/h11-17H,3-10H2,1-2H3. The molecular formula is C15H29NO. The van der Waals surface area contributed by atoms with Gasteiger partial charge in [0.1, 0.15) is 0 Å². The Labute approximate surface area is 106 Å². The van der Waals surface area contributed by atoms with Crippen LogP contribution in [0.1, 0.15) is 58.8 Å². The Morgan fingerprint density at radius 3 is 2.29 bits per heavy atom. The molecule has 17 heavy (non-hydrogen) atoms. The Morgan fingerprint density at radius 1 is 1.00 bits per heavy atom. The molecule has 2 nitrogen and oxygen atoms in total. The quantitative estimate of drug-likeness (QED) is 0.793. The Morgan fingerprint density at radius 2 is 1.65 bits per heavy atom. The summed E-state index contributed by atoms with van der Waals surface area (Å²) in [6.45, 7) is 5.14. The third-order valence-electron chi connectivity index (χ3n) is 4.77. The van der Waals surface area contributed by atoms with Crippen molar-refractivity contribution >= 4 is 0 Å². The monoisotopic (exact) mass is 239 g/mol. The minimum absolute atomic E-state index is 0.371. The lowest BCUT2D eigenvalue weighted by molar-refractivity contribution is 0.129. The number of aliphatic hydroxyl groups is 1. The van der Waals surface area contributed by atoms with E-state index in [4.69, 9.17) is 0 Å². The van der Waals surface area contributed by atoms with Crippen molar-refractivity contribution in [3.05, 3.63) is 0 Å². The van der Waals surface area contributed by atoms with E-state index >= 15 is 0 Å². The van der Waals surface area contributed by atoms with Crippen LogP contribution in [0.5, 0.6) is 0 Å². The molecule has 2 N–H and O–H groups in total. The van der Waals surface area contributed by atoms with Crippen LogP contribution in [-0.4, -0.2) is 23.8 Å². The van der Waals surface area contributed by atoms with Crippen molar-refractivity contribution in [2.45, 2.75) is 70.9 Å². The Hall–Kier alpha value is -0.0800. The second kappa shape index (κ2) is 6.19. The van der Waals surface area contributed by atoms with Crippen LogP contribution in [-0.2, 0) is 0 Å². The first-order chi connectivity index (χ1) is 8.19. The highest BCUT2D eigenvalue weighted by Gasteiger charge is 2.29. The van der Waals surface area contributed by atoms with E-state index in [9.17, 15) is 5.11 Å². The average Bonchev–Trinajstić information content (AvgIpc) is 2.28. The van der Waals surface area contributed by atoms with Gasteiger partial charge in [0, 0.05) is 18.7 Å². The molecule has 2 aliphatic carbocycles. The summed E-state index contributed by atoms with van der Waals surface area (Å²) in [6.07, 6.45) is 9.19. The van der Waals surface area contributed by atoms with E-state index in [1.54, 1.807) is 0 Å². The third-order valence-corrected chi connectivity index (χ3v) is 4.77. The minimum atomic E-state index is 0.371. The fraction of sp³-hybridized carbons (Fsp3) is 1.00. The summed E-state index contributed by atoms with van der Waals surface area (Å²) >= 11 is 0. The summed E-state index contributed by atoms with van der Waals surface area (Å²) < 4.78 is 0. The van der Waals surface area contributed by atoms with E-state index in [0.717, 1.165) is 11.8 Å². The van der Waals surface area contributed by atoms with Crippen LogP contribution in [0.4, 0.5) is 0 Å². The normalized spacial score (nSPS) is 43.6. The maximum atomic E-state index is 9.45. The topological polar surface area (TPSA) is 32.3 Å². The van der Waals surface area contributed by atoms with Gasteiger partial charge < -0.3 is 10.4 Å². The predicted molar refractivity (Wildman–Crippen MR) is 71.9 cm³/mol. The van der Waals surface area contributed by atoms with Crippen molar-refractivity contribution in [2.24, 2.45) is 17.8 Å². The fourth-order valence-electron chi connectivity index (χ4n) is 4.03. The highest BCUT2D eigenvalue weighted by Crippen LogP contribution is 2.31. The molecule has 0 aromatic rings. The van der Waals surface area contributed by atoms with Crippen LogP contribution in [0.15, 0.2) is 0 Å². The van der Waals surface area contributed by atoms with Crippen molar-refractivity contribution < 1.29 is 5.11 Å². The molecule has 0 amide bonds. The Balaban J connectivity index is 1.85. The van der Waals surface area contributed by atoms with Gasteiger partial charge in [-0.2, -0.15) is 0 Å². The van der Waals surface area contributed by atoms with Crippen LogP contribution in [0, 0.1) is 17.8 Å². The molecule has 0 heterocycles. The molecule has 0 bridgehead atoms. The molecule has 2 heteroatoms. The molecule has 0 aromatic carbocycles. The lowest BCUT2D eigenvalue weighted by Crippen LogP contribution is -2.47. The molecule has 0 spiro atoms. The molecule has 0 saturated heterocycles. The summed E-state index contributed by atoms with van der Waals surface area (Å²) in [5.41, 5.74) is 0. The summed E-state index contributed by atoms with van der Waals surface area (Å²) in [5.74, 6) is 2.25. The molecule has 2 aliphatic rings. The second-order valence-corrected chi connectivity index (χ2v) is 6.61. The number of aliphatic hydroxyl groups excluding tert-OH is 1. The van der Waals surface area contributed by atoms with Crippen LogP contribution < -0.4 is 5.32 Å². The van der Waals surface area contributed by atoms with Gasteiger partial charge in [0.25, 0.3) is 0 Å². The van der Waals surface area contributed by atoms with Crippen LogP contribution in [0.3, 0.4) is 0 Å². The first-order valence-corrected chi connectivity index (χ1v) is 7.56. The molecule has 0 radical (unpaired) electrons. The SMILES string of the molecule is CC1CC(C)CC(NC2CCCCC2CO)C1. The summed E-state index contributed by atoms with van der Waals surface area (Å²) in [5, 5.41) is 13.3. The molecule has 100 valence electrons. The van der Waals surface area contributed by atoms with E-state index in [0.29, 0.717) is 24.6 Å². The fourth-order valence-corrected chi connectivity index (χ4v) is 4.03. The van der Waals surface area contributed by atoms with E-state index in [-0.39, 0.29) is 0 Å². The van der Waals surface area contributed by atoms with Gasteiger partial charge in [-0.15, -0.1) is 0 Å². The van der Waals surface area contributed by atoms with E-state index in [1.807, 2.05) is 0 Å². The zero-order valence-corrected chi connectivity index (χ0v) is 11.5. The zero-order valence-electron chi connectivity index (χ0n) is 11.5. The summed E-state index contributed by atoms with van der Waals surface area (Å²) in [7, 11) is 0. The zero-order chi connectivity index (χ0) is 12.3. The first-order valence-electron chi connectivity index (χ1n) is 7.56. The van der Waals surface area contributed by atoms with Crippen LogP contribution in [0.25, 0.3) is 0 Å². The summed E-state index contributed by atoms with van der Waals surface area (Å²) in [4.78, 5) is 0. The van der Waals surface area contributed by atoms with Crippen molar-refractivity contribution in [1.82, 2.24) is 5.32 Å². The molecule has 2 saturated carbocycles. The predicted octanol–water partition coefficient (Wildman–Crippen LogP) is 2.95. The molecule has 4 unspecified atom stereocenters. The van der Waals surface area contributed by atoms with Crippen molar-refractivity contribution in [2.75, 3.05) is 6.61 Å². The number of hydrogen-bond donors (Lipinski definition) is 2. The highest BCUT2D eigenvalue weighted by atomic mass is 16.3. The van der Waals surface area contributed by atoms with Gasteiger partial charge in [0.05, 0.1) is 0 Å².